The number of aryl methyl sites for hydroxylation is 3. The summed E-state index contributed by atoms with van der Waals surface area (Å²) in [5, 5.41) is 12.0. The van der Waals surface area contributed by atoms with Gasteiger partial charge in [-0.1, -0.05) is 29.8 Å². The number of carbonyl (C=O) groups is 2. The molecular weight excluding hydrogens is 354 g/mol. The lowest BCUT2D eigenvalue weighted by molar-refractivity contribution is -0.139. The Hall–Kier alpha value is -3.33. The molecule has 0 aromatic heterocycles. The molecule has 6 nitrogen and oxygen atoms in total. The Bertz CT molecular complexity index is 908. The zero-order chi connectivity index (χ0) is 20.8. The highest BCUT2D eigenvalue weighted by atomic mass is 16.5. The van der Waals surface area contributed by atoms with Gasteiger partial charge in [0.15, 0.2) is 6.10 Å². The van der Waals surface area contributed by atoms with Gasteiger partial charge < -0.3 is 15.0 Å². The number of para-hydroxylation sites is 1. The van der Waals surface area contributed by atoms with Crippen LogP contribution in [0.2, 0.25) is 0 Å². The molecule has 0 bridgehead atoms. The number of hydrogen-bond acceptors (Lipinski definition) is 4. The molecule has 0 aliphatic heterocycles. The number of nitrogens with one attached hydrogen (secondary N) is 1. The zero-order valence-corrected chi connectivity index (χ0v) is 16.9. The van der Waals surface area contributed by atoms with Crippen molar-refractivity contribution in [3.8, 4) is 11.8 Å². The molecule has 6 heteroatoms. The van der Waals surface area contributed by atoms with Crippen LogP contribution in [-0.4, -0.2) is 36.4 Å². The fourth-order valence-corrected chi connectivity index (χ4v) is 3.06. The van der Waals surface area contributed by atoms with Crippen molar-refractivity contribution in [3.63, 3.8) is 0 Å². The van der Waals surface area contributed by atoms with Crippen LogP contribution >= 0.6 is 0 Å². The van der Waals surface area contributed by atoms with E-state index in [9.17, 15) is 9.59 Å². The Labute approximate surface area is 165 Å². The Kier molecular flexibility index (Phi) is 6.78. The molecule has 0 radical (unpaired) electrons. The normalized spacial score (nSPS) is 11.3. The van der Waals surface area contributed by atoms with E-state index in [1.807, 2.05) is 39.0 Å². The second kappa shape index (κ2) is 9.05. The van der Waals surface area contributed by atoms with E-state index in [4.69, 9.17) is 10.00 Å². The first-order valence-corrected chi connectivity index (χ1v) is 9.01. The van der Waals surface area contributed by atoms with Crippen molar-refractivity contribution >= 4 is 17.5 Å². The summed E-state index contributed by atoms with van der Waals surface area (Å²) in [5.74, 6) is -0.287. The van der Waals surface area contributed by atoms with Crippen molar-refractivity contribution in [2.75, 3.05) is 18.9 Å². The van der Waals surface area contributed by atoms with Crippen molar-refractivity contribution < 1.29 is 14.3 Å². The number of rotatable bonds is 6. The minimum absolute atomic E-state index is 0.0980. The van der Waals surface area contributed by atoms with Crippen molar-refractivity contribution in [2.45, 2.75) is 33.8 Å². The second-order valence-corrected chi connectivity index (χ2v) is 6.88. The molecule has 28 heavy (non-hydrogen) atoms. The minimum atomic E-state index is -0.824. The molecule has 2 aromatic rings. The number of likely N-dealkylation sites (N-methyl/N-ethyl adjacent to an activating group) is 1. The smallest absolute Gasteiger partial charge is 0.263 e. The summed E-state index contributed by atoms with van der Waals surface area (Å²) >= 11 is 0. The highest BCUT2D eigenvalue weighted by Crippen LogP contribution is 2.22. The zero-order valence-electron chi connectivity index (χ0n) is 16.9. The van der Waals surface area contributed by atoms with Crippen LogP contribution in [0.25, 0.3) is 0 Å². The van der Waals surface area contributed by atoms with Gasteiger partial charge in [-0.3, -0.25) is 9.59 Å². The summed E-state index contributed by atoms with van der Waals surface area (Å²) in [4.78, 5) is 26.3. The Morgan fingerprint density at radius 3 is 2.39 bits per heavy atom. The van der Waals surface area contributed by atoms with Crippen molar-refractivity contribution in [3.05, 3.63) is 58.7 Å². The SMILES string of the molecule is Cc1cc(C)c(NC(=O)CN(C)C(=O)C(C)Oc2ccccc2C#N)c(C)c1. The van der Waals surface area contributed by atoms with Crippen LogP contribution in [0.4, 0.5) is 5.69 Å². The predicted octanol–water partition coefficient (Wildman–Crippen LogP) is 3.35. The fourth-order valence-electron chi connectivity index (χ4n) is 3.06. The molecule has 2 amide bonds. The summed E-state index contributed by atoms with van der Waals surface area (Å²) in [6.07, 6.45) is -0.824. The van der Waals surface area contributed by atoms with Gasteiger partial charge in [-0.25, -0.2) is 0 Å². The molecule has 0 fully saturated rings. The van der Waals surface area contributed by atoms with Gasteiger partial charge in [-0.15, -0.1) is 0 Å². The van der Waals surface area contributed by atoms with Crippen LogP contribution in [-0.2, 0) is 9.59 Å². The first-order chi connectivity index (χ1) is 13.2. The van der Waals surface area contributed by atoms with Gasteiger partial charge in [0.1, 0.15) is 11.8 Å². The van der Waals surface area contributed by atoms with Gasteiger partial charge in [0.2, 0.25) is 5.91 Å². The molecule has 0 spiro atoms. The number of nitriles is 1. The van der Waals surface area contributed by atoms with Gasteiger partial charge in [-0.2, -0.15) is 5.26 Å². The number of ether oxygens (including phenoxy) is 1. The van der Waals surface area contributed by atoms with E-state index in [1.165, 1.54) is 4.90 Å². The largest absolute Gasteiger partial charge is 0.480 e. The van der Waals surface area contributed by atoms with Gasteiger partial charge in [0.05, 0.1) is 12.1 Å². The predicted molar refractivity (Wildman–Crippen MR) is 108 cm³/mol. The summed E-state index contributed by atoms with van der Waals surface area (Å²) in [6.45, 7) is 7.38. The topological polar surface area (TPSA) is 82.4 Å². The molecule has 0 aliphatic carbocycles. The van der Waals surface area contributed by atoms with E-state index >= 15 is 0 Å². The molecular formula is C22H25N3O3. The van der Waals surface area contributed by atoms with E-state index in [1.54, 1.807) is 38.2 Å². The number of nitrogens with zero attached hydrogens (tertiary/aromatic N) is 2. The molecule has 0 aliphatic rings. The lowest BCUT2D eigenvalue weighted by Crippen LogP contribution is -2.42. The van der Waals surface area contributed by atoms with E-state index in [2.05, 4.69) is 5.32 Å². The highest BCUT2D eigenvalue weighted by molar-refractivity contribution is 5.96. The monoisotopic (exact) mass is 379 g/mol. The van der Waals surface area contributed by atoms with E-state index in [-0.39, 0.29) is 18.4 Å². The molecule has 2 rings (SSSR count). The summed E-state index contributed by atoms with van der Waals surface area (Å²) in [7, 11) is 1.55. The summed E-state index contributed by atoms with van der Waals surface area (Å²) in [5.41, 5.74) is 4.20. The molecule has 146 valence electrons. The molecule has 0 saturated heterocycles. The van der Waals surface area contributed by atoms with Gasteiger partial charge in [-0.05, 0) is 51.0 Å². The van der Waals surface area contributed by atoms with Gasteiger partial charge in [0.25, 0.3) is 5.91 Å². The van der Waals surface area contributed by atoms with E-state index in [0.717, 1.165) is 22.4 Å². The third-order valence-corrected chi connectivity index (χ3v) is 4.36. The fraction of sp³-hybridized carbons (Fsp3) is 0.318. The molecule has 1 atom stereocenters. The highest BCUT2D eigenvalue weighted by Gasteiger charge is 2.22. The number of carbonyl (C=O) groups excluding carboxylic acids is 2. The van der Waals surface area contributed by atoms with Gasteiger partial charge in [0, 0.05) is 12.7 Å². The first-order valence-electron chi connectivity index (χ1n) is 9.01. The maximum absolute atomic E-state index is 12.6. The quantitative estimate of drug-likeness (QED) is 0.834. The number of benzene rings is 2. The maximum atomic E-state index is 12.6. The third-order valence-electron chi connectivity index (χ3n) is 4.36. The van der Waals surface area contributed by atoms with Crippen LogP contribution in [0.3, 0.4) is 0 Å². The first kappa shape index (κ1) is 21.0. The van der Waals surface area contributed by atoms with Crippen LogP contribution in [0.15, 0.2) is 36.4 Å². The van der Waals surface area contributed by atoms with Crippen LogP contribution < -0.4 is 10.1 Å². The number of hydrogen-bond donors (Lipinski definition) is 1. The van der Waals surface area contributed by atoms with Crippen molar-refractivity contribution in [1.82, 2.24) is 4.90 Å². The van der Waals surface area contributed by atoms with Gasteiger partial charge >= 0.3 is 0 Å². The van der Waals surface area contributed by atoms with E-state index in [0.29, 0.717) is 11.3 Å². The Morgan fingerprint density at radius 2 is 1.79 bits per heavy atom. The lowest BCUT2D eigenvalue weighted by Gasteiger charge is -2.22. The van der Waals surface area contributed by atoms with Crippen LogP contribution in [0, 0.1) is 32.1 Å². The number of amides is 2. The molecule has 1 unspecified atom stereocenters. The molecule has 0 heterocycles. The van der Waals surface area contributed by atoms with Crippen LogP contribution in [0.5, 0.6) is 5.75 Å². The van der Waals surface area contributed by atoms with Crippen molar-refractivity contribution in [2.24, 2.45) is 0 Å². The Balaban J connectivity index is 2.00. The molecule has 2 aromatic carbocycles. The Morgan fingerprint density at radius 1 is 1.18 bits per heavy atom. The second-order valence-electron chi connectivity index (χ2n) is 6.88. The van der Waals surface area contributed by atoms with Crippen molar-refractivity contribution in [1.29, 1.82) is 5.26 Å². The number of anilines is 1. The van der Waals surface area contributed by atoms with Crippen LogP contribution in [0.1, 0.15) is 29.2 Å². The van der Waals surface area contributed by atoms with E-state index < -0.39 is 6.10 Å². The standard InChI is InChI=1S/C22H25N3O3/c1-14-10-15(2)21(16(3)11-14)24-20(26)13-25(5)22(27)17(4)28-19-9-7-6-8-18(19)12-23/h6-11,17H,13H2,1-5H3,(H,24,26). The summed E-state index contributed by atoms with van der Waals surface area (Å²) < 4.78 is 5.63. The average Bonchev–Trinajstić information content (AvgIpc) is 2.64. The maximum Gasteiger partial charge on any atom is 0.263 e. The lowest BCUT2D eigenvalue weighted by atomic mass is 10.1. The average molecular weight is 379 g/mol. The molecule has 0 saturated carbocycles. The minimum Gasteiger partial charge on any atom is -0.480 e. The molecule has 1 N–H and O–H groups in total. The third kappa shape index (κ3) is 5.10. The summed E-state index contributed by atoms with van der Waals surface area (Å²) in [6, 6.07) is 12.7.